The second-order valence-electron chi connectivity index (χ2n) is 8.83. The number of nitrogens with zero attached hydrogens (tertiary/aromatic N) is 3. The summed E-state index contributed by atoms with van der Waals surface area (Å²) in [4.78, 5) is 31.1. The molecule has 3 aliphatic rings. The molecule has 6 heteroatoms. The fourth-order valence-electron chi connectivity index (χ4n) is 4.30. The maximum Gasteiger partial charge on any atom is 0.410 e. The smallest absolute Gasteiger partial charge is 0.410 e. The van der Waals surface area contributed by atoms with E-state index in [1.165, 1.54) is 12.8 Å². The summed E-state index contributed by atoms with van der Waals surface area (Å²) in [6.07, 6.45) is 3.90. The van der Waals surface area contributed by atoms with E-state index in [0.717, 1.165) is 39.0 Å². The number of hydrogen-bond donors (Lipinski definition) is 0. The largest absolute Gasteiger partial charge is 0.444 e. The zero-order valence-corrected chi connectivity index (χ0v) is 15.5. The Morgan fingerprint density at radius 2 is 1.83 bits per heavy atom. The fraction of sp³-hybridized carbons (Fsp3) is 0.889. The fourth-order valence-corrected chi connectivity index (χ4v) is 4.30. The Morgan fingerprint density at radius 3 is 2.42 bits per heavy atom. The summed E-state index contributed by atoms with van der Waals surface area (Å²) >= 11 is 0. The van der Waals surface area contributed by atoms with Gasteiger partial charge in [0.15, 0.2) is 0 Å². The number of carbonyl (C=O) groups is 2. The lowest BCUT2D eigenvalue weighted by molar-refractivity contribution is -0.140. The topological polar surface area (TPSA) is 53.1 Å². The summed E-state index contributed by atoms with van der Waals surface area (Å²) < 4.78 is 5.42. The standard InChI is InChI=1S/C18H31N3O3/c1-17(2,3)24-16(23)21-10-6-14(21)15(22)20-11-8-18(13-20)7-5-9-19(4)12-18/h14H,5-13H2,1-4H3/t14-,18?/m1/s1. The average molecular weight is 337 g/mol. The van der Waals surface area contributed by atoms with Gasteiger partial charge >= 0.3 is 6.09 Å². The number of piperidine rings is 1. The van der Waals surface area contributed by atoms with Crippen molar-refractivity contribution in [2.75, 3.05) is 39.8 Å². The molecule has 0 radical (unpaired) electrons. The molecule has 3 rings (SSSR count). The summed E-state index contributed by atoms with van der Waals surface area (Å²) in [6, 6.07) is -0.323. The van der Waals surface area contributed by atoms with E-state index in [2.05, 4.69) is 11.9 Å². The van der Waals surface area contributed by atoms with E-state index in [9.17, 15) is 9.59 Å². The van der Waals surface area contributed by atoms with Crippen molar-refractivity contribution in [2.45, 2.75) is 58.1 Å². The molecule has 0 aromatic rings. The van der Waals surface area contributed by atoms with Crippen molar-refractivity contribution in [2.24, 2.45) is 5.41 Å². The summed E-state index contributed by atoms with van der Waals surface area (Å²) in [5.41, 5.74) is -0.256. The lowest BCUT2D eigenvalue weighted by Crippen LogP contribution is -2.59. The molecule has 0 aliphatic carbocycles. The molecule has 2 amide bonds. The van der Waals surface area contributed by atoms with Crippen LogP contribution in [0.15, 0.2) is 0 Å². The van der Waals surface area contributed by atoms with Crippen LogP contribution in [0.5, 0.6) is 0 Å². The van der Waals surface area contributed by atoms with Crippen molar-refractivity contribution < 1.29 is 14.3 Å². The molecule has 3 saturated heterocycles. The number of ether oxygens (including phenoxy) is 1. The zero-order valence-electron chi connectivity index (χ0n) is 15.5. The Bertz CT molecular complexity index is 516. The monoisotopic (exact) mass is 337 g/mol. The van der Waals surface area contributed by atoms with Crippen LogP contribution in [-0.4, -0.2) is 78.1 Å². The van der Waals surface area contributed by atoms with Crippen molar-refractivity contribution in [3.05, 3.63) is 0 Å². The highest BCUT2D eigenvalue weighted by molar-refractivity contribution is 5.87. The second-order valence-corrected chi connectivity index (χ2v) is 8.83. The molecule has 3 heterocycles. The third-order valence-electron chi connectivity index (χ3n) is 5.53. The molecule has 0 bridgehead atoms. The van der Waals surface area contributed by atoms with Gasteiger partial charge in [0.1, 0.15) is 11.6 Å². The maximum atomic E-state index is 12.9. The van der Waals surface area contributed by atoms with Gasteiger partial charge in [-0.05, 0) is 60.0 Å². The minimum Gasteiger partial charge on any atom is -0.444 e. The first-order chi connectivity index (χ1) is 11.2. The van der Waals surface area contributed by atoms with Crippen LogP contribution in [0.4, 0.5) is 4.79 Å². The Kier molecular flexibility index (Phi) is 4.53. The van der Waals surface area contributed by atoms with Gasteiger partial charge in [-0.2, -0.15) is 0 Å². The van der Waals surface area contributed by atoms with Crippen LogP contribution < -0.4 is 0 Å². The first-order valence-electron chi connectivity index (χ1n) is 9.16. The number of carbonyl (C=O) groups excluding carboxylic acids is 2. The van der Waals surface area contributed by atoms with Crippen molar-refractivity contribution >= 4 is 12.0 Å². The molecular formula is C18H31N3O3. The summed E-state index contributed by atoms with van der Waals surface area (Å²) in [5.74, 6) is 0.109. The third-order valence-corrected chi connectivity index (χ3v) is 5.53. The summed E-state index contributed by atoms with van der Waals surface area (Å²) in [7, 11) is 2.17. The Hall–Kier alpha value is -1.30. The van der Waals surface area contributed by atoms with E-state index in [1.807, 2.05) is 25.7 Å². The van der Waals surface area contributed by atoms with Gasteiger partial charge < -0.3 is 14.5 Å². The highest BCUT2D eigenvalue weighted by Crippen LogP contribution is 2.39. The van der Waals surface area contributed by atoms with Crippen LogP contribution >= 0.6 is 0 Å². The molecule has 6 nitrogen and oxygen atoms in total. The van der Waals surface area contributed by atoms with Crippen LogP contribution in [0.2, 0.25) is 0 Å². The number of hydrogen-bond acceptors (Lipinski definition) is 4. The first-order valence-corrected chi connectivity index (χ1v) is 9.16. The van der Waals surface area contributed by atoms with E-state index >= 15 is 0 Å². The quantitative estimate of drug-likeness (QED) is 0.734. The van der Waals surface area contributed by atoms with E-state index in [4.69, 9.17) is 4.74 Å². The van der Waals surface area contributed by atoms with Crippen molar-refractivity contribution in [1.82, 2.24) is 14.7 Å². The SMILES string of the molecule is CN1CCCC2(CCN(C(=O)[C@H]3CCN3C(=O)OC(C)(C)C)C2)C1. The van der Waals surface area contributed by atoms with Crippen LogP contribution in [0.25, 0.3) is 0 Å². The van der Waals surface area contributed by atoms with Gasteiger partial charge in [0.05, 0.1) is 0 Å². The van der Waals surface area contributed by atoms with Gasteiger partial charge in [-0.15, -0.1) is 0 Å². The number of amides is 2. The molecule has 1 spiro atoms. The van der Waals surface area contributed by atoms with E-state index in [1.54, 1.807) is 4.90 Å². The first kappa shape index (κ1) is 17.5. The van der Waals surface area contributed by atoms with Crippen molar-refractivity contribution in [3.63, 3.8) is 0 Å². The Morgan fingerprint density at radius 1 is 1.08 bits per heavy atom. The highest BCUT2D eigenvalue weighted by Gasteiger charge is 2.47. The molecule has 2 atom stereocenters. The van der Waals surface area contributed by atoms with Crippen LogP contribution in [0, 0.1) is 5.41 Å². The molecule has 0 saturated carbocycles. The predicted molar refractivity (Wildman–Crippen MR) is 91.7 cm³/mol. The lowest BCUT2D eigenvalue weighted by Gasteiger charge is -2.42. The summed E-state index contributed by atoms with van der Waals surface area (Å²) in [6.45, 7) is 10.1. The minimum atomic E-state index is -0.523. The van der Waals surface area contributed by atoms with Crippen LogP contribution in [-0.2, 0) is 9.53 Å². The Balaban J connectivity index is 1.58. The van der Waals surface area contributed by atoms with Gasteiger partial charge in [-0.25, -0.2) is 4.79 Å². The predicted octanol–water partition coefficient (Wildman–Crippen LogP) is 1.94. The molecule has 1 unspecified atom stereocenters. The molecule has 0 aromatic heterocycles. The van der Waals surface area contributed by atoms with Crippen molar-refractivity contribution in [3.8, 4) is 0 Å². The van der Waals surface area contributed by atoms with Gasteiger partial charge in [-0.3, -0.25) is 9.69 Å². The maximum absolute atomic E-state index is 12.9. The molecule has 3 fully saturated rings. The zero-order chi connectivity index (χ0) is 17.5. The normalized spacial score (nSPS) is 31.2. The van der Waals surface area contributed by atoms with E-state index in [0.29, 0.717) is 6.54 Å². The van der Waals surface area contributed by atoms with Gasteiger partial charge in [-0.1, -0.05) is 0 Å². The molecular weight excluding hydrogens is 306 g/mol. The number of likely N-dealkylation sites (tertiary alicyclic amines) is 3. The number of rotatable bonds is 1. The van der Waals surface area contributed by atoms with Crippen LogP contribution in [0.1, 0.15) is 46.5 Å². The van der Waals surface area contributed by atoms with Gasteiger partial charge in [0, 0.05) is 31.6 Å². The highest BCUT2D eigenvalue weighted by atomic mass is 16.6. The Labute approximate surface area is 145 Å². The third kappa shape index (κ3) is 3.53. The van der Waals surface area contributed by atoms with Gasteiger partial charge in [0.2, 0.25) is 5.91 Å². The average Bonchev–Trinajstić information content (AvgIpc) is 2.78. The second kappa shape index (κ2) is 6.21. The summed E-state index contributed by atoms with van der Waals surface area (Å²) in [5, 5.41) is 0. The van der Waals surface area contributed by atoms with Gasteiger partial charge in [0.25, 0.3) is 0 Å². The van der Waals surface area contributed by atoms with Crippen LogP contribution in [0.3, 0.4) is 0 Å². The molecule has 136 valence electrons. The van der Waals surface area contributed by atoms with Crippen molar-refractivity contribution in [1.29, 1.82) is 0 Å². The molecule has 24 heavy (non-hydrogen) atoms. The molecule has 3 aliphatic heterocycles. The molecule has 0 N–H and O–H groups in total. The lowest BCUT2D eigenvalue weighted by atomic mass is 9.79. The molecule has 0 aromatic carbocycles. The van der Waals surface area contributed by atoms with E-state index in [-0.39, 0.29) is 23.5 Å². The minimum absolute atomic E-state index is 0.109. The van der Waals surface area contributed by atoms with E-state index < -0.39 is 5.60 Å².